The number of nitrogens with zero attached hydrogens (tertiary/aromatic N) is 3. The minimum Gasteiger partial charge on any atom is -0.394 e. The molecule has 0 amide bonds. The average molecular weight is 610 g/mol. The molecule has 12 heteroatoms. The maximum absolute atomic E-state index is 14.1. The molecule has 230 valence electrons. The standard InChI is InChI=1S/C30H38F3N3O5S/c1-28(2)14-21(15-29(3,4)41-28)20-8-9-26-27(12-20)36(17-23-16-34(10-11-35(23)26)18-24(38)19-37)42(39,40)25-7-5-6-22(13-25)30(31,32)33/h5-9,12-14,23-24,37-38H,10-11,15-19H2,1-4H3/t23-,24+/m0/s1. The molecule has 0 unspecified atom stereocenters. The second kappa shape index (κ2) is 10.8. The van der Waals surface area contributed by atoms with Gasteiger partial charge in [-0.15, -0.1) is 0 Å². The molecule has 5 rings (SSSR count). The zero-order chi connectivity index (χ0) is 30.7. The molecule has 0 spiro atoms. The number of β-amino-alcohol motifs (C(OH)–C–C–N with tert-alkyl or cyclic N) is 1. The highest BCUT2D eigenvalue weighted by Crippen LogP contribution is 2.44. The van der Waals surface area contributed by atoms with Crippen molar-refractivity contribution in [2.75, 3.05) is 48.5 Å². The van der Waals surface area contributed by atoms with Gasteiger partial charge in [-0.3, -0.25) is 9.21 Å². The minimum absolute atomic E-state index is 0.0138. The number of alkyl halides is 3. The van der Waals surface area contributed by atoms with E-state index in [1.54, 1.807) is 0 Å². The molecular formula is C30H38F3N3O5S. The summed E-state index contributed by atoms with van der Waals surface area (Å²) in [6, 6.07) is 9.20. The molecule has 3 heterocycles. The van der Waals surface area contributed by atoms with Gasteiger partial charge in [-0.25, -0.2) is 8.42 Å². The second-order valence-electron chi connectivity index (χ2n) is 12.5. The Balaban J connectivity index is 1.60. The maximum atomic E-state index is 14.1. The number of aliphatic hydroxyl groups excluding tert-OH is 2. The van der Waals surface area contributed by atoms with Gasteiger partial charge in [0, 0.05) is 32.6 Å². The van der Waals surface area contributed by atoms with Crippen molar-refractivity contribution >= 4 is 27.0 Å². The molecule has 1 saturated heterocycles. The fraction of sp³-hybridized carbons (Fsp3) is 0.533. The van der Waals surface area contributed by atoms with Crippen LogP contribution in [0, 0.1) is 0 Å². The van der Waals surface area contributed by atoms with E-state index >= 15 is 0 Å². The molecule has 0 bridgehead atoms. The van der Waals surface area contributed by atoms with Crippen LogP contribution in [-0.4, -0.2) is 86.2 Å². The van der Waals surface area contributed by atoms with E-state index in [9.17, 15) is 31.8 Å². The lowest BCUT2D eigenvalue weighted by atomic mass is 9.85. The van der Waals surface area contributed by atoms with Crippen molar-refractivity contribution in [3.05, 3.63) is 59.7 Å². The van der Waals surface area contributed by atoms with Crippen LogP contribution in [0.5, 0.6) is 0 Å². The van der Waals surface area contributed by atoms with Crippen molar-refractivity contribution in [2.45, 2.75) is 68.5 Å². The predicted molar refractivity (Wildman–Crippen MR) is 155 cm³/mol. The van der Waals surface area contributed by atoms with E-state index in [0.717, 1.165) is 23.3 Å². The zero-order valence-electron chi connectivity index (χ0n) is 24.2. The van der Waals surface area contributed by atoms with Gasteiger partial charge in [0.15, 0.2) is 0 Å². The van der Waals surface area contributed by atoms with Gasteiger partial charge in [0.25, 0.3) is 10.0 Å². The summed E-state index contributed by atoms with van der Waals surface area (Å²) < 4.78 is 76.3. The maximum Gasteiger partial charge on any atom is 0.416 e. The van der Waals surface area contributed by atoms with E-state index in [2.05, 4.69) is 4.90 Å². The third-order valence-electron chi connectivity index (χ3n) is 7.97. The molecule has 0 radical (unpaired) electrons. The van der Waals surface area contributed by atoms with Crippen molar-refractivity contribution in [2.24, 2.45) is 0 Å². The summed E-state index contributed by atoms with van der Waals surface area (Å²) in [7, 11) is -4.39. The Bertz CT molecular complexity index is 1470. The normalized spacial score (nSPS) is 23.2. The zero-order valence-corrected chi connectivity index (χ0v) is 25.0. The Morgan fingerprint density at radius 2 is 1.79 bits per heavy atom. The van der Waals surface area contributed by atoms with Gasteiger partial charge in [-0.05, 0) is 75.2 Å². The summed E-state index contributed by atoms with van der Waals surface area (Å²) in [5.41, 5.74) is 0.887. The van der Waals surface area contributed by atoms with Crippen LogP contribution in [0.15, 0.2) is 53.4 Å². The van der Waals surface area contributed by atoms with Crippen molar-refractivity contribution < 1.29 is 36.5 Å². The van der Waals surface area contributed by atoms with E-state index in [-0.39, 0.29) is 25.7 Å². The highest BCUT2D eigenvalue weighted by atomic mass is 32.2. The third-order valence-corrected chi connectivity index (χ3v) is 9.75. The molecule has 42 heavy (non-hydrogen) atoms. The average Bonchev–Trinajstić information content (AvgIpc) is 2.90. The molecule has 0 aromatic heterocycles. The van der Waals surface area contributed by atoms with Crippen molar-refractivity contribution in [3.63, 3.8) is 0 Å². The molecule has 2 N–H and O–H groups in total. The summed E-state index contributed by atoms with van der Waals surface area (Å²) in [5, 5.41) is 19.3. The van der Waals surface area contributed by atoms with Crippen LogP contribution in [0.25, 0.3) is 5.57 Å². The van der Waals surface area contributed by atoms with E-state index in [4.69, 9.17) is 4.74 Å². The summed E-state index contributed by atoms with van der Waals surface area (Å²) in [4.78, 5) is 3.66. The van der Waals surface area contributed by atoms with Crippen LogP contribution in [0.1, 0.15) is 45.2 Å². The van der Waals surface area contributed by atoms with Crippen LogP contribution in [0.2, 0.25) is 0 Å². The first-order valence-corrected chi connectivity index (χ1v) is 15.5. The first-order chi connectivity index (χ1) is 19.5. The fourth-order valence-corrected chi connectivity index (χ4v) is 8.00. The number of fused-ring (bicyclic) bond motifs is 3. The van der Waals surface area contributed by atoms with Gasteiger partial charge >= 0.3 is 6.18 Å². The van der Waals surface area contributed by atoms with Crippen LogP contribution < -0.4 is 9.21 Å². The van der Waals surface area contributed by atoms with E-state index in [0.29, 0.717) is 43.5 Å². The summed E-state index contributed by atoms with van der Waals surface area (Å²) in [5.74, 6) is 0. The molecule has 8 nitrogen and oxygen atoms in total. The number of sulfonamides is 1. The van der Waals surface area contributed by atoms with Crippen LogP contribution in [-0.2, 0) is 20.9 Å². The number of anilines is 2. The summed E-state index contributed by atoms with van der Waals surface area (Å²) >= 11 is 0. The molecular weight excluding hydrogens is 571 g/mol. The fourth-order valence-electron chi connectivity index (χ4n) is 6.45. The van der Waals surface area contributed by atoms with Gasteiger partial charge < -0.3 is 19.8 Å². The lowest BCUT2D eigenvalue weighted by Gasteiger charge is -2.49. The molecule has 2 aromatic carbocycles. The van der Waals surface area contributed by atoms with Crippen LogP contribution in [0.4, 0.5) is 24.5 Å². The Labute approximate surface area is 245 Å². The molecule has 3 aliphatic rings. The van der Waals surface area contributed by atoms with E-state index in [1.165, 1.54) is 10.4 Å². The predicted octanol–water partition coefficient (Wildman–Crippen LogP) is 4.12. The summed E-state index contributed by atoms with van der Waals surface area (Å²) in [6.07, 6.45) is -2.99. The second-order valence-corrected chi connectivity index (χ2v) is 14.4. The molecule has 2 atom stereocenters. The lowest BCUT2D eigenvalue weighted by Crippen LogP contribution is -2.61. The van der Waals surface area contributed by atoms with Gasteiger partial charge in [-0.2, -0.15) is 13.2 Å². The first-order valence-electron chi connectivity index (χ1n) is 14.0. The number of ether oxygens (including phenoxy) is 1. The van der Waals surface area contributed by atoms with Gasteiger partial charge in [-0.1, -0.05) is 12.1 Å². The topological polar surface area (TPSA) is 93.6 Å². The Kier molecular flexibility index (Phi) is 7.93. The highest BCUT2D eigenvalue weighted by Gasteiger charge is 2.42. The molecule has 2 aromatic rings. The first kappa shape index (κ1) is 30.8. The number of hydrogen-bond donors (Lipinski definition) is 2. The molecule has 0 saturated carbocycles. The van der Waals surface area contributed by atoms with Gasteiger partial charge in [0.2, 0.25) is 0 Å². The molecule has 0 aliphatic carbocycles. The Hall–Kier alpha value is -2.64. The van der Waals surface area contributed by atoms with Crippen LogP contribution >= 0.6 is 0 Å². The third kappa shape index (κ3) is 6.19. The Morgan fingerprint density at radius 3 is 2.45 bits per heavy atom. The van der Waals surface area contributed by atoms with Crippen molar-refractivity contribution in [1.82, 2.24) is 4.90 Å². The largest absolute Gasteiger partial charge is 0.416 e. The van der Waals surface area contributed by atoms with Gasteiger partial charge in [0.1, 0.15) is 0 Å². The monoisotopic (exact) mass is 609 g/mol. The number of aliphatic hydroxyl groups is 2. The van der Waals surface area contributed by atoms with E-state index < -0.39 is 44.0 Å². The number of halogens is 3. The smallest absolute Gasteiger partial charge is 0.394 e. The number of hydrogen-bond acceptors (Lipinski definition) is 7. The number of rotatable bonds is 6. The molecule has 1 fully saturated rings. The SMILES string of the molecule is CC1(C)C=C(c2ccc3c(c2)N(S(=O)(=O)c2cccc(C(F)(F)F)c2)C[C@@H]2CN(C[C@@H](O)CO)CCN32)CC(C)(C)O1. The number of benzene rings is 2. The quantitative estimate of drug-likeness (QED) is 0.509. The Morgan fingerprint density at radius 1 is 1.05 bits per heavy atom. The highest BCUT2D eigenvalue weighted by molar-refractivity contribution is 7.92. The lowest BCUT2D eigenvalue weighted by molar-refractivity contribution is -0.137. The van der Waals surface area contributed by atoms with Gasteiger partial charge in [0.05, 0.1) is 58.3 Å². The summed E-state index contributed by atoms with van der Waals surface area (Å²) in [6.45, 7) is 9.37. The van der Waals surface area contributed by atoms with Crippen LogP contribution in [0.3, 0.4) is 0 Å². The van der Waals surface area contributed by atoms with Crippen molar-refractivity contribution in [3.8, 4) is 0 Å². The number of piperazine rings is 1. The van der Waals surface area contributed by atoms with Crippen molar-refractivity contribution in [1.29, 1.82) is 0 Å². The molecule has 3 aliphatic heterocycles. The van der Waals surface area contributed by atoms with E-state index in [1.807, 2.05) is 56.9 Å². The minimum atomic E-state index is -4.69.